The fourth-order valence-electron chi connectivity index (χ4n) is 2.86. The van der Waals surface area contributed by atoms with E-state index in [1.165, 1.54) is 24.3 Å². The van der Waals surface area contributed by atoms with Gasteiger partial charge in [0.2, 0.25) is 0 Å². The number of nitro benzene ring substituents is 1. The van der Waals surface area contributed by atoms with Crippen LogP contribution in [-0.2, 0) is 4.79 Å². The predicted octanol–water partition coefficient (Wildman–Crippen LogP) is 4.50. The number of hydrogen-bond donors (Lipinski definition) is 1. The molecule has 0 amide bonds. The van der Waals surface area contributed by atoms with Crippen LogP contribution in [0.2, 0.25) is 0 Å². The summed E-state index contributed by atoms with van der Waals surface area (Å²) in [5.74, 6) is -2.56. The van der Waals surface area contributed by atoms with Crippen molar-refractivity contribution in [1.29, 1.82) is 0 Å². The van der Waals surface area contributed by atoms with Gasteiger partial charge in [0.25, 0.3) is 5.69 Å². The summed E-state index contributed by atoms with van der Waals surface area (Å²) >= 11 is 0. The van der Waals surface area contributed by atoms with Crippen LogP contribution in [0, 0.1) is 27.4 Å². The van der Waals surface area contributed by atoms with Crippen LogP contribution in [0.4, 0.5) is 5.69 Å². The first-order chi connectivity index (χ1) is 11.6. The maximum absolute atomic E-state index is 12.7. The van der Waals surface area contributed by atoms with E-state index in [-0.39, 0.29) is 11.3 Å². The van der Waals surface area contributed by atoms with Gasteiger partial charge in [-0.15, -0.1) is 6.58 Å². The second-order valence-corrected chi connectivity index (χ2v) is 7.03. The molecular formula is C19H25NO5. The molecule has 0 aromatic heterocycles. The van der Waals surface area contributed by atoms with Crippen LogP contribution in [0.5, 0.6) is 0 Å². The third kappa shape index (κ3) is 5.52. The quantitative estimate of drug-likeness (QED) is 0.221. The van der Waals surface area contributed by atoms with Crippen LogP contribution in [-0.4, -0.2) is 21.8 Å². The molecule has 25 heavy (non-hydrogen) atoms. The molecule has 1 N–H and O–H groups in total. The van der Waals surface area contributed by atoms with E-state index in [0.717, 1.165) is 12.8 Å². The van der Waals surface area contributed by atoms with Gasteiger partial charge in [0.05, 0.1) is 4.92 Å². The average molecular weight is 347 g/mol. The van der Waals surface area contributed by atoms with E-state index in [0.29, 0.717) is 12.3 Å². The number of non-ortho nitro benzene ring substituents is 1. The lowest BCUT2D eigenvalue weighted by Crippen LogP contribution is -2.37. The van der Waals surface area contributed by atoms with Crippen molar-refractivity contribution >= 4 is 17.4 Å². The van der Waals surface area contributed by atoms with E-state index < -0.39 is 28.0 Å². The first-order valence-corrected chi connectivity index (χ1v) is 8.24. The number of allylic oxidation sites excluding steroid dienone is 1. The molecule has 136 valence electrons. The van der Waals surface area contributed by atoms with Crippen molar-refractivity contribution in [3.05, 3.63) is 52.6 Å². The van der Waals surface area contributed by atoms with Crippen LogP contribution in [0.3, 0.4) is 0 Å². The highest BCUT2D eigenvalue weighted by atomic mass is 16.6. The standard InChI is InChI=1S/C19H25NO5/c1-5-13(2)7-6-12-19(3,4)16(18(22)23)17(21)14-8-10-15(11-9-14)20(24)25/h5,8-11,13,16H,1,6-7,12H2,2-4H3,(H,22,23). The van der Waals surface area contributed by atoms with Crippen LogP contribution in [0.25, 0.3) is 0 Å². The molecule has 6 nitrogen and oxygen atoms in total. The minimum atomic E-state index is -1.20. The van der Waals surface area contributed by atoms with Gasteiger partial charge in [0, 0.05) is 17.7 Å². The van der Waals surface area contributed by atoms with Gasteiger partial charge in [-0.2, -0.15) is 0 Å². The second-order valence-electron chi connectivity index (χ2n) is 7.03. The lowest BCUT2D eigenvalue weighted by Gasteiger charge is -2.31. The number of Topliss-reactive ketones (excluding diaryl/α,β-unsaturated/α-hetero) is 1. The Morgan fingerprint density at radius 3 is 2.32 bits per heavy atom. The van der Waals surface area contributed by atoms with Crippen molar-refractivity contribution in [3.63, 3.8) is 0 Å². The van der Waals surface area contributed by atoms with Crippen molar-refractivity contribution in [3.8, 4) is 0 Å². The van der Waals surface area contributed by atoms with E-state index in [4.69, 9.17) is 0 Å². The number of rotatable bonds is 10. The lowest BCUT2D eigenvalue weighted by atomic mass is 9.71. The molecule has 1 rings (SSSR count). The summed E-state index contributed by atoms with van der Waals surface area (Å²) in [6.45, 7) is 9.31. The van der Waals surface area contributed by atoms with Crippen molar-refractivity contribution < 1.29 is 19.6 Å². The van der Waals surface area contributed by atoms with Gasteiger partial charge < -0.3 is 5.11 Å². The van der Waals surface area contributed by atoms with Crippen molar-refractivity contribution in [2.24, 2.45) is 17.3 Å². The molecule has 0 radical (unpaired) electrons. The van der Waals surface area contributed by atoms with Gasteiger partial charge in [0.1, 0.15) is 5.92 Å². The summed E-state index contributed by atoms with van der Waals surface area (Å²) in [6.07, 6.45) is 4.10. The first-order valence-electron chi connectivity index (χ1n) is 8.24. The fraction of sp³-hybridized carbons (Fsp3) is 0.474. The van der Waals surface area contributed by atoms with Crippen LogP contribution < -0.4 is 0 Å². The highest BCUT2D eigenvalue weighted by molar-refractivity contribution is 6.08. The molecule has 0 fully saturated rings. The number of hydrogen-bond acceptors (Lipinski definition) is 4. The number of carbonyl (C=O) groups is 2. The maximum atomic E-state index is 12.7. The third-order valence-electron chi connectivity index (χ3n) is 4.54. The summed E-state index contributed by atoms with van der Waals surface area (Å²) in [6, 6.07) is 5.05. The molecule has 0 heterocycles. The number of nitro groups is 1. The Balaban J connectivity index is 2.96. The Bertz CT molecular complexity index is 648. The van der Waals surface area contributed by atoms with Gasteiger partial charge in [-0.25, -0.2) is 0 Å². The van der Waals surface area contributed by atoms with E-state index in [2.05, 4.69) is 6.58 Å². The molecule has 0 aliphatic carbocycles. The number of ketones is 1. The number of carboxylic acid groups (broad SMARTS) is 1. The van der Waals surface area contributed by atoms with Gasteiger partial charge in [0.15, 0.2) is 5.78 Å². The summed E-state index contributed by atoms with van der Waals surface area (Å²) in [7, 11) is 0. The normalized spacial score (nSPS) is 13.7. The Hall–Kier alpha value is -2.50. The smallest absolute Gasteiger partial charge is 0.314 e. The van der Waals surface area contributed by atoms with Crippen molar-refractivity contribution in [2.45, 2.75) is 40.0 Å². The highest BCUT2D eigenvalue weighted by Crippen LogP contribution is 2.36. The Labute approximate surface area is 147 Å². The maximum Gasteiger partial charge on any atom is 0.314 e. The summed E-state index contributed by atoms with van der Waals surface area (Å²) in [5, 5.41) is 20.3. The number of carbonyl (C=O) groups excluding carboxylic acids is 1. The second kappa shape index (κ2) is 8.55. The molecule has 0 saturated heterocycles. The molecule has 2 atom stereocenters. The van der Waals surface area contributed by atoms with Gasteiger partial charge >= 0.3 is 5.97 Å². The zero-order valence-electron chi connectivity index (χ0n) is 14.9. The van der Waals surface area contributed by atoms with Crippen LogP contribution in [0.1, 0.15) is 50.4 Å². The SMILES string of the molecule is C=CC(C)CCCC(C)(C)C(C(=O)O)C(=O)c1ccc([N+](=O)[O-])cc1. The van der Waals surface area contributed by atoms with Crippen molar-refractivity contribution in [1.82, 2.24) is 0 Å². The number of aliphatic carboxylic acids is 1. The van der Waals surface area contributed by atoms with E-state index in [1.54, 1.807) is 13.8 Å². The molecule has 1 aromatic carbocycles. The Kier molecular flexibility index (Phi) is 7.03. The first kappa shape index (κ1) is 20.5. The summed E-state index contributed by atoms with van der Waals surface area (Å²) < 4.78 is 0. The average Bonchev–Trinajstić information content (AvgIpc) is 2.53. The number of benzene rings is 1. The van der Waals surface area contributed by atoms with Crippen LogP contribution >= 0.6 is 0 Å². The number of nitrogens with zero attached hydrogens (tertiary/aromatic N) is 1. The third-order valence-corrected chi connectivity index (χ3v) is 4.54. The Morgan fingerprint density at radius 2 is 1.88 bits per heavy atom. The zero-order chi connectivity index (χ0) is 19.2. The van der Waals surface area contributed by atoms with E-state index >= 15 is 0 Å². The lowest BCUT2D eigenvalue weighted by molar-refractivity contribution is -0.384. The van der Waals surface area contributed by atoms with Gasteiger partial charge in [-0.3, -0.25) is 19.7 Å². The molecule has 0 spiro atoms. The van der Waals surface area contributed by atoms with E-state index in [9.17, 15) is 24.8 Å². The largest absolute Gasteiger partial charge is 0.481 e. The van der Waals surface area contributed by atoms with Crippen molar-refractivity contribution in [2.75, 3.05) is 0 Å². The molecular weight excluding hydrogens is 322 g/mol. The molecule has 1 aromatic rings. The van der Waals surface area contributed by atoms with Gasteiger partial charge in [-0.1, -0.05) is 33.3 Å². The van der Waals surface area contributed by atoms with Gasteiger partial charge in [-0.05, 0) is 36.3 Å². The van der Waals surface area contributed by atoms with Crippen LogP contribution in [0.15, 0.2) is 36.9 Å². The minimum Gasteiger partial charge on any atom is -0.481 e. The molecule has 0 bridgehead atoms. The monoisotopic (exact) mass is 347 g/mol. The molecule has 0 saturated carbocycles. The molecule has 0 aliphatic rings. The predicted molar refractivity (Wildman–Crippen MR) is 95.5 cm³/mol. The molecule has 2 unspecified atom stereocenters. The zero-order valence-corrected chi connectivity index (χ0v) is 14.9. The number of carboxylic acids is 1. The molecule has 6 heteroatoms. The topological polar surface area (TPSA) is 97.5 Å². The minimum absolute atomic E-state index is 0.138. The highest BCUT2D eigenvalue weighted by Gasteiger charge is 2.40. The summed E-state index contributed by atoms with van der Waals surface area (Å²) in [5.41, 5.74) is -0.697. The molecule has 0 aliphatic heterocycles. The van der Waals surface area contributed by atoms with E-state index in [1.807, 2.05) is 13.0 Å². The Morgan fingerprint density at radius 1 is 1.32 bits per heavy atom. The fourth-order valence-corrected chi connectivity index (χ4v) is 2.86. The summed E-state index contributed by atoms with van der Waals surface area (Å²) in [4.78, 5) is 34.6.